The highest BCUT2D eigenvalue weighted by Crippen LogP contribution is 2.35. The second kappa shape index (κ2) is 11.4. The fourth-order valence-corrected chi connectivity index (χ4v) is 5.67. The predicted molar refractivity (Wildman–Crippen MR) is 180 cm³/mol. The molecule has 0 N–H and O–H groups in total. The number of ether oxygens (including phenoxy) is 1. The van der Waals surface area contributed by atoms with E-state index >= 15 is 0 Å². The van der Waals surface area contributed by atoms with Crippen molar-refractivity contribution in [3.63, 3.8) is 0 Å². The van der Waals surface area contributed by atoms with E-state index in [9.17, 15) is 0 Å². The summed E-state index contributed by atoms with van der Waals surface area (Å²) in [6, 6.07) is 30.1. The Labute approximate surface area is 267 Å². The van der Waals surface area contributed by atoms with Crippen LogP contribution in [0, 0.1) is 12.2 Å². The van der Waals surface area contributed by atoms with Crippen LogP contribution in [0.5, 0.6) is 11.5 Å². The van der Waals surface area contributed by atoms with Gasteiger partial charge in [0.25, 0.3) is 6.33 Å². The quantitative estimate of drug-likeness (QED) is 0.137. The third kappa shape index (κ3) is 5.72. The van der Waals surface area contributed by atoms with Crippen molar-refractivity contribution >= 4 is 21.8 Å². The number of imidazole rings is 1. The third-order valence-corrected chi connectivity index (χ3v) is 7.85. The Balaban J connectivity index is 1.22. The molecule has 7 aromatic rings. The molecule has 0 atom stereocenters. The Bertz CT molecular complexity index is 2240. The van der Waals surface area contributed by atoms with Crippen LogP contribution in [0.25, 0.3) is 39.1 Å². The van der Waals surface area contributed by atoms with Gasteiger partial charge in [-0.25, -0.2) is 4.98 Å². The number of rotatable bonds is 7. The maximum absolute atomic E-state index is 8.51. The van der Waals surface area contributed by atoms with Gasteiger partial charge in [0, 0.05) is 50.4 Å². The van der Waals surface area contributed by atoms with Crippen LogP contribution in [0.2, 0.25) is 0 Å². The number of benzene rings is 3. The minimum absolute atomic E-state index is 0.00617. The number of pyridine rings is 2. The molecule has 0 bridgehead atoms. The number of fused-ring (bicyclic) bond motifs is 3. The molecule has 0 spiro atoms. The molecule has 0 aliphatic rings. The Morgan fingerprint density at radius 3 is 2.44 bits per heavy atom. The van der Waals surface area contributed by atoms with E-state index in [1.807, 2.05) is 79.5 Å². The summed E-state index contributed by atoms with van der Waals surface area (Å²) in [7, 11) is 0. The SMILES string of the molecule is [2H]C([2H])(c1cccc(-[n+]2[c-]n(-c3cc(Oc4ccc5c6ccccc6n(-c6cc(C(C)(C)C)ccn6)c5c4)ccn3)cc2)c1)C(C)C. The van der Waals surface area contributed by atoms with Crippen molar-refractivity contribution < 1.29 is 12.0 Å². The summed E-state index contributed by atoms with van der Waals surface area (Å²) < 4.78 is 29.3. The predicted octanol–water partition coefficient (Wildman–Crippen LogP) is 8.73. The van der Waals surface area contributed by atoms with E-state index < -0.39 is 6.37 Å². The van der Waals surface area contributed by atoms with Gasteiger partial charge in [-0.15, -0.1) is 0 Å². The molecule has 6 heteroatoms. The summed E-state index contributed by atoms with van der Waals surface area (Å²) in [6.45, 7) is 10.4. The van der Waals surface area contributed by atoms with E-state index in [4.69, 9.17) is 12.5 Å². The van der Waals surface area contributed by atoms with Gasteiger partial charge in [0.15, 0.2) is 5.82 Å². The van der Waals surface area contributed by atoms with Crippen molar-refractivity contribution in [1.82, 2.24) is 19.1 Å². The van der Waals surface area contributed by atoms with Gasteiger partial charge in [0.1, 0.15) is 17.3 Å². The van der Waals surface area contributed by atoms with Gasteiger partial charge in [-0.3, -0.25) is 18.7 Å². The van der Waals surface area contributed by atoms with Crippen molar-refractivity contribution in [1.29, 1.82) is 0 Å². The van der Waals surface area contributed by atoms with Crippen LogP contribution in [0.4, 0.5) is 0 Å². The number of hydrogen-bond acceptors (Lipinski definition) is 3. The monoisotopic (exact) mass is 593 g/mol. The molecule has 6 nitrogen and oxygen atoms in total. The standard InChI is InChI=1S/C39H37N5O/c1-27(2)21-28-9-8-10-30(22-28)42-19-20-43(26-42)37-25-32(16-18-40-37)45-31-13-14-34-33-11-6-7-12-35(33)44(36(34)24-31)38-23-29(15-17-41-38)39(3,4)5/h6-20,22-25,27H,21H2,1-5H3/i21D2. The lowest BCUT2D eigenvalue weighted by Gasteiger charge is -2.20. The average Bonchev–Trinajstić information content (AvgIpc) is 3.68. The first-order valence-corrected chi connectivity index (χ1v) is 15.3. The molecule has 0 aliphatic carbocycles. The minimum atomic E-state index is -1.43. The van der Waals surface area contributed by atoms with Crippen LogP contribution in [-0.4, -0.2) is 19.1 Å². The van der Waals surface area contributed by atoms with Gasteiger partial charge in [-0.2, -0.15) is 0 Å². The average molecular weight is 594 g/mol. The Morgan fingerprint density at radius 1 is 0.822 bits per heavy atom. The van der Waals surface area contributed by atoms with Crippen molar-refractivity contribution in [3.8, 4) is 28.8 Å². The summed E-state index contributed by atoms with van der Waals surface area (Å²) in [4.78, 5) is 9.35. The number of para-hydroxylation sites is 1. The highest BCUT2D eigenvalue weighted by Gasteiger charge is 2.18. The largest absolute Gasteiger partial charge is 0.458 e. The molecule has 4 aromatic heterocycles. The normalized spacial score (nSPS) is 12.9. The van der Waals surface area contributed by atoms with Gasteiger partial charge in [0.2, 0.25) is 0 Å². The maximum atomic E-state index is 8.51. The molecule has 0 fully saturated rings. The van der Waals surface area contributed by atoms with E-state index in [1.54, 1.807) is 10.8 Å². The summed E-state index contributed by atoms with van der Waals surface area (Å²) >= 11 is 0. The molecule has 0 radical (unpaired) electrons. The fraction of sp³-hybridized carbons (Fsp3) is 0.205. The summed E-state index contributed by atoms with van der Waals surface area (Å²) in [6.07, 6.45) is 9.24. The zero-order valence-electron chi connectivity index (χ0n) is 28.2. The first-order valence-electron chi connectivity index (χ1n) is 16.3. The minimum Gasteiger partial charge on any atom is -0.458 e. The van der Waals surface area contributed by atoms with Gasteiger partial charge in [-0.05, 0) is 71.8 Å². The second-order valence-corrected chi connectivity index (χ2v) is 12.6. The molecule has 224 valence electrons. The van der Waals surface area contributed by atoms with Crippen molar-refractivity contribution in [2.24, 2.45) is 5.92 Å². The van der Waals surface area contributed by atoms with Gasteiger partial charge in [-0.1, -0.05) is 70.5 Å². The molecule has 0 amide bonds. The van der Waals surface area contributed by atoms with Gasteiger partial charge < -0.3 is 4.74 Å². The number of hydrogen-bond donors (Lipinski definition) is 0. The lowest BCUT2D eigenvalue weighted by molar-refractivity contribution is -0.599. The fourth-order valence-electron chi connectivity index (χ4n) is 5.67. The van der Waals surface area contributed by atoms with Gasteiger partial charge >= 0.3 is 0 Å². The van der Waals surface area contributed by atoms with E-state index in [-0.39, 0.29) is 11.3 Å². The summed E-state index contributed by atoms with van der Waals surface area (Å²) in [5.41, 5.74) is 4.78. The Hall–Kier alpha value is -5.23. The number of nitrogens with zero attached hydrogens (tertiary/aromatic N) is 5. The number of aromatic nitrogens is 5. The van der Waals surface area contributed by atoms with E-state index in [1.165, 1.54) is 5.56 Å². The molecule has 0 unspecified atom stereocenters. The molecular weight excluding hydrogens is 554 g/mol. The van der Waals surface area contributed by atoms with Crippen LogP contribution in [0.3, 0.4) is 0 Å². The van der Waals surface area contributed by atoms with Crippen molar-refractivity contribution in [2.75, 3.05) is 0 Å². The Kier molecular flexibility index (Phi) is 6.61. The molecule has 0 saturated carbocycles. The molecule has 4 heterocycles. The summed E-state index contributed by atoms with van der Waals surface area (Å²) in [5.74, 6) is 2.71. The molecule has 7 rings (SSSR count). The van der Waals surface area contributed by atoms with Crippen LogP contribution < -0.4 is 9.30 Å². The third-order valence-electron chi connectivity index (χ3n) is 7.85. The highest BCUT2D eigenvalue weighted by molar-refractivity contribution is 6.09. The molecule has 45 heavy (non-hydrogen) atoms. The Morgan fingerprint density at radius 2 is 1.60 bits per heavy atom. The highest BCUT2D eigenvalue weighted by atomic mass is 16.5. The molecular formula is C39H37N5O. The van der Waals surface area contributed by atoms with E-state index in [2.05, 4.69) is 85.2 Å². The van der Waals surface area contributed by atoms with Crippen LogP contribution in [0.15, 0.2) is 116 Å². The summed E-state index contributed by atoms with van der Waals surface area (Å²) in [5, 5.41) is 2.29. The first-order chi connectivity index (χ1) is 22.5. The lowest BCUT2D eigenvalue weighted by Crippen LogP contribution is -2.28. The van der Waals surface area contributed by atoms with Crippen molar-refractivity contribution in [2.45, 2.75) is 46.4 Å². The lowest BCUT2D eigenvalue weighted by atomic mass is 9.88. The topological polar surface area (TPSA) is 48.8 Å². The van der Waals surface area contributed by atoms with E-state index in [0.29, 0.717) is 22.9 Å². The van der Waals surface area contributed by atoms with Crippen LogP contribution in [-0.2, 0) is 11.8 Å². The molecule has 0 aliphatic heterocycles. The van der Waals surface area contributed by atoms with Crippen LogP contribution >= 0.6 is 0 Å². The second-order valence-electron chi connectivity index (χ2n) is 12.6. The van der Waals surface area contributed by atoms with Gasteiger partial charge in [0.05, 0.1) is 16.7 Å². The maximum Gasteiger partial charge on any atom is 0.270 e. The smallest absolute Gasteiger partial charge is 0.270 e. The van der Waals surface area contributed by atoms with Crippen molar-refractivity contribution in [3.05, 3.63) is 133 Å². The van der Waals surface area contributed by atoms with E-state index in [0.717, 1.165) is 33.3 Å². The van der Waals surface area contributed by atoms with Crippen LogP contribution in [0.1, 0.15) is 48.5 Å². The molecule has 0 saturated heterocycles. The zero-order chi connectivity index (χ0) is 32.9. The zero-order valence-corrected chi connectivity index (χ0v) is 26.2. The first kappa shape index (κ1) is 26.2. The molecule has 3 aromatic carbocycles.